The number of rotatable bonds is 4. The first-order valence-electron chi connectivity index (χ1n) is 8.26. The fourth-order valence-corrected chi connectivity index (χ4v) is 3.93. The lowest BCUT2D eigenvalue weighted by molar-refractivity contribution is 0.601. The zero-order valence-electron chi connectivity index (χ0n) is 15.4. The zero-order valence-corrected chi connectivity index (χ0v) is 16.2. The third kappa shape index (κ3) is 2.95. The number of hydrogen-bond acceptors (Lipinski definition) is 6. The van der Waals surface area contributed by atoms with Gasteiger partial charge in [-0.15, -0.1) is 0 Å². The predicted octanol–water partition coefficient (Wildman–Crippen LogP) is 0.868. The normalized spacial score (nSPS) is 11.8. The van der Waals surface area contributed by atoms with E-state index in [0.29, 0.717) is 16.7 Å². The summed E-state index contributed by atoms with van der Waals surface area (Å²) in [6.07, 6.45) is 4.87. The molecule has 0 fully saturated rings. The molecule has 0 aliphatic carbocycles. The van der Waals surface area contributed by atoms with Crippen molar-refractivity contribution in [1.82, 2.24) is 28.9 Å². The first-order chi connectivity index (χ1) is 13.3. The number of hydrogen-bond donors (Lipinski definition) is 1. The van der Waals surface area contributed by atoms with Gasteiger partial charge in [-0.3, -0.25) is 13.8 Å². The van der Waals surface area contributed by atoms with Crippen LogP contribution in [0.2, 0.25) is 0 Å². The van der Waals surface area contributed by atoms with Crippen molar-refractivity contribution in [3.63, 3.8) is 0 Å². The molecular formula is C17H17N7O3S. The SMILES string of the molecule is Cn1cc(-c2ccnc(NS(=O)(=O)c3ccc4c(c3)n(C)c(=O)n4C)n2)cn1. The highest BCUT2D eigenvalue weighted by atomic mass is 32.2. The minimum atomic E-state index is -3.94. The summed E-state index contributed by atoms with van der Waals surface area (Å²) in [5, 5.41) is 4.08. The Labute approximate surface area is 160 Å². The lowest BCUT2D eigenvalue weighted by atomic mass is 10.2. The maximum atomic E-state index is 12.8. The third-order valence-electron chi connectivity index (χ3n) is 4.44. The number of anilines is 1. The second-order valence-electron chi connectivity index (χ2n) is 6.32. The molecule has 28 heavy (non-hydrogen) atoms. The lowest BCUT2D eigenvalue weighted by Gasteiger charge is -2.08. The lowest BCUT2D eigenvalue weighted by Crippen LogP contribution is -2.19. The van der Waals surface area contributed by atoms with E-state index in [-0.39, 0.29) is 16.5 Å². The molecule has 0 atom stereocenters. The Balaban J connectivity index is 1.71. The molecule has 0 saturated carbocycles. The predicted molar refractivity (Wildman–Crippen MR) is 103 cm³/mol. The summed E-state index contributed by atoms with van der Waals surface area (Å²) < 4.78 is 32.5. The van der Waals surface area contributed by atoms with Gasteiger partial charge in [-0.1, -0.05) is 0 Å². The minimum absolute atomic E-state index is 0.0107. The van der Waals surface area contributed by atoms with Gasteiger partial charge in [-0.25, -0.2) is 27.9 Å². The van der Waals surface area contributed by atoms with Gasteiger partial charge in [0.25, 0.3) is 10.0 Å². The van der Waals surface area contributed by atoms with Crippen LogP contribution in [0.25, 0.3) is 22.3 Å². The maximum Gasteiger partial charge on any atom is 0.328 e. The van der Waals surface area contributed by atoms with Crippen molar-refractivity contribution in [2.24, 2.45) is 21.1 Å². The van der Waals surface area contributed by atoms with Crippen LogP contribution in [0.15, 0.2) is 52.5 Å². The molecule has 0 spiro atoms. The third-order valence-corrected chi connectivity index (χ3v) is 5.76. The van der Waals surface area contributed by atoms with Crippen LogP contribution in [0.1, 0.15) is 0 Å². The van der Waals surface area contributed by atoms with Crippen molar-refractivity contribution in [2.75, 3.05) is 4.72 Å². The Morgan fingerprint density at radius 3 is 2.50 bits per heavy atom. The summed E-state index contributed by atoms with van der Waals surface area (Å²) >= 11 is 0. The van der Waals surface area contributed by atoms with E-state index in [1.54, 1.807) is 50.4 Å². The Morgan fingerprint density at radius 1 is 1.04 bits per heavy atom. The van der Waals surface area contributed by atoms with E-state index in [1.807, 2.05) is 0 Å². The topological polar surface area (TPSA) is 117 Å². The Morgan fingerprint density at radius 2 is 1.79 bits per heavy atom. The van der Waals surface area contributed by atoms with Gasteiger partial charge < -0.3 is 0 Å². The molecule has 4 rings (SSSR count). The second kappa shape index (κ2) is 6.30. The van der Waals surface area contributed by atoms with Crippen LogP contribution in [-0.4, -0.2) is 37.3 Å². The number of aryl methyl sites for hydroxylation is 3. The number of aromatic nitrogens is 6. The molecule has 4 aromatic rings. The van der Waals surface area contributed by atoms with Crippen LogP contribution in [0.3, 0.4) is 0 Å². The maximum absolute atomic E-state index is 12.8. The Hall–Kier alpha value is -3.47. The first-order valence-corrected chi connectivity index (χ1v) is 9.75. The minimum Gasteiger partial charge on any atom is -0.295 e. The molecule has 0 aliphatic heterocycles. The van der Waals surface area contributed by atoms with Crippen LogP contribution < -0.4 is 10.4 Å². The fourth-order valence-electron chi connectivity index (χ4n) is 2.96. The van der Waals surface area contributed by atoms with Crippen LogP contribution in [0.5, 0.6) is 0 Å². The van der Waals surface area contributed by atoms with E-state index in [1.165, 1.54) is 27.5 Å². The van der Waals surface area contributed by atoms with Gasteiger partial charge in [-0.2, -0.15) is 5.10 Å². The van der Waals surface area contributed by atoms with Gasteiger partial charge in [-0.05, 0) is 24.3 Å². The standard InChI is InChI=1S/C17H17N7O3S/c1-22-10-11(9-19-22)13-6-7-18-16(20-13)21-28(26,27)12-4-5-14-15(8-12)24(3)17(25)23(14)2/h4-10H,1-3H3,(H,18,20,21). The number of imidazole rings is 1. The molecule has 3 aromatic heterocycles. The number of sulfonamides is 1. The summed E-state index contributed by atoms with van der Waals surface area (Å²) in [6.45, 7) is 0. The summed E-state index contributed by atoms with van der Waals surface area (Å²) in [7, 11) is 1.07. The van der Waals surface area contributed by atoms with E-state index >= 15 is 0 Å². The molecule has 1 aromatic carbocycles. The average Bonchev–Trinajstić information content (AvgIpc) is 3.19. The number of benzene rings is 1. The Kier molecular flexibility index (Phi) is 4.03. The monoisotopic (exact) mass is 399 g/mol. The van der Waals surface area contributed by atoms with Crippen LogP contribution >= 0.6 is 0 Å². The Bertz CT molecular complexity index is 1370. The summed E-state index contributed by atoms with van der Waals surface area (Å²) in [5.41, 5.74) is 2.21. The molecule has 1 N–H and O–H groups in total. The smallest absolute Gasteiger partial charge is 0.295 e. The van der Waals surface area contributed by atoms with Crippen molar-refractivity contribution in [2.45, 2.75) is 4.90 Å². The highest BCUT2D eigenvalue weighted by molar-refractivity contribution is 7.92. The quantitative estimate of drug-likeness (QED) is 0.544. The van der Waals surface area contributed by atoms with E-state index in [2.05, 4.69) is 19.8 Å². The molecular weight excluding hydrogens is 382 g/mol. The highest BCUT2D eigenvalue weighted by Gasteiger charge is 2.19. The fraction of sp³-hybridized carbons (Fsp3) is 0.176. The van der Waals surface area contributed by atoms with E-state index in [0.717, 1.165) is 5.56 Å². The van der Waals surface area contributed by atoms with Crippen molar-refractivity contribution >= 4 is 27.0 Å². The molecule has 0 unspecified atom stereocenters. The molecule has 0 radical (unpaired) electrons. The molecule has 11 heteroatoms. The van der Waals surface area contributed by atoms with E-state index < -0.39 is 10.0 Å². The van der Waals surface area contributed by atoms with Gasteiger partial charge >= 0.3 is 5.69 Å². The number of nitrogens with one attached hydrogen (secondary N) is 1. The van der Waals surface area contributed by atoms with Crippen LogP contribution in [-0.2, 0) is 31.2 Å². The van der Waals surface area contributed by atoms with Gasteiger partial charge in [0.1, 0.15) is 0 Å². The van der Waals surface area contributed by atoms with Gasteiger partial charge in [0.05, 0.1) is 27.8 Å². The molecule has 0 aliphatic rings. The van der Waals surface area contributed by atoms with Crippen molar-refractivity contribution in [1.29, 1.82) is 0 Å². The van der Waals surface area contributed by atoms with Gasteiger partial charge in [0.15, 0.2) is 0 Å². The van der Waals surface area contributed by atoms with Crippen molar-refractivity contribution in [3.05, 3.63) is 53.3 Å². The van der Waals surface area contributed by atoms with E-state index in [4.69, 9.17) is 0 Å². The zero-order chi connectivity index (χ0) is 20.1. The highest BCUT2D eigenvalue weighted by Crippen LogP contribution is 2.21. The van der Waals surface area contributed by atoms with Gasteiger partial charge in [0.2, 0.25) is 5.95 Å². The molecule has 10 nitrogen and oxygen atoms in total. The van der Waals surface area contributed by atoms with Crippen LogP contribution in [0.4, 0.5) is 5.95 Å². The largest absolute Gasteiger partial charge is 0.328 e. The molecule has 0 amide bonds. The van der Waals surface area contributed by atoms with E-state index in [9.17, 15) is 13.2 Å². The molecule has 0 bridgehead atoms. The molecule has 3 heterocycles. The summed E-state index contributed by atoms with van der Waals surface area (Å²) in [4.78, 5) is 20.3. The summed E-state index contributed by atoms with van der Waals surface area (Å²) in [6, 6.07) is 6.15. The van der Waals surface area contributed by atoms with Crippen molar-refractivity contribution < 1.29 is 8.42 Å². The molecule has 0 saturated heterocycles. The number of nitrogens with zero attached hydrogens (tertiary/aromatic N) is 6. The summed E-state index contributed by atoms with van der Waals surface area (Å²) in [5.74, 6) is -0.0524. The average molecular weight is 399 g/mol. The van der Waals surface area contributed by atoms with Crippen LogP contribution in [0, 0.1) is 0 Å². The first kappa shape index (κ1) is 17.9. The number of fused-ring (bicyclic) bond motifs is 1. The van der Waals surface area contributed by atoms with Gasteiger partial charge in [0, 0.05) is 39.1 Å². The second-order valence-corrected chi connectivity index (χ2v) is 8.01. The van der Waals surface area contributed by atoms with Crippen molar-refractivity contribution in [3.8, 4) is 11.3 Å². The molecule has 144 valence electrons.